The molecule has 114 valence electrons. The third kappa shape index (κ3) is 3.79. The number of nitrogens with zero attached hydrogens (tertiary/aromatic N) is 2. The highest BCUT2D eigenvalue weighted by Gasteiger charge is 2.23. The van der Waals surface area contributed by atoms with Crippen LogP contribution >= 0.6 is 11.8 Å². The second-order valence-corrected chi connectivity index (χ2v) is 7.48. The van der Waals surface area contributed by atoms with Crippen LogP contribution in [0.1, 0.15) is 63.0 Å². The number of pyridine rings is 1. The highest BCUT2D eigenvalue weighted by molar-refractivity contribution is 7.99. The number of hydrogen-bond acceptors (Lipinski definition) is 3. The molecule has 1 aromatic heterocycles. The number of hydrogen-bond donors (Lipinski definition) is 0. The minimum absolute atomic E-state index is 0.234. The molecule has 2 fully saturated rings. The first kappa shape index (κ1) is 14.9. The highest BCUT2D eigenvalue weighted by Crippen LogP contribution is 2.34. The van der Waals surface area contributed by atoms with Crippen molar-refractivity contribution >= 4 is 18.2 Å². The number of rotatable bonds is 4. The average Bonchev–Trinajstić information content (AvgIpc) is 2.56. The van der Waals surface area contributed by atoms with E-state index in [1.165, 1.54) is 44.1 Å². The first-order valence-corrected chi connectivity index (χ1v) is 9.08. The van der Waals surface area contributed by atoms with E-state index >= 15 is 0 Å². The number of thioether (sulfide) groups is 1. The van der Waals surface area contributed by atoms with E-state index in [0.29, 0.717) is 0 Å². The Hall–Kier alpha value is -1.03. The summed E-state index contributed by atoms with van der Waals surface area (Å²) in [6, 6.07) is 4.55. The molecule has 0 bridgehead atoms. The normalized spacial score (nSPS) is 24.0. The molecule has 1 amide bonds. The van der Waals surface area contributed by atoms with Crippen LogP contribution in [0.25, 0.3) is 0 Å². The summed E-state index contributed by atoms with van der Waals surface area (Å²) < 4.78 is 0. The van der Waals surface area contributed by atoms with Crippen molar-refractivity contribution in [2.45, 2.75) is 67.7 Å². The number of carbonyl (C=O) groups is 1. The first-order valence-electron chi connectivity index (χ1n) is 8.20. The van der Waals surface area contributed by atoms with Crippen LogP contribution in [-0.4, -0.2) is 28.1 Å². The molecule has 1 aliphatic heterocycles. The van der Waals surface area contributed by atoms with Gasteiger partial charge in [0.25, 0.3) is 0 Å². The van der Waals surface area contributed by atoms with Gasteiger partial charge >= 0.3 is 0 Å². The van der Waals surface area contributed by atoms with E-state index in [1.54, 1.807) is 0 Å². The van der Waals surface area contributed by atoms with Gasteiger partial charge in [0, 0.05) is 18.0 Å². The number of aromatic nitrogens is 1. The Morgan fingerprint density at radius 3 is 2.62 bits per heavy atom. The van der Waals surface area contributed by atoms with E-state index in [1.807, 2.05) is 22.9 Å². The molecule has 21 heavy (non-hydrogen) atoms. The second kappa shape index (κ2) is 7.30. The van der Waals surface area contributed by atoms with E-state index in [4.69, 9.17) is 0 Å². The Balaban J connectivity index is 1.64. The summed E-state index contributed by atoms with van der Waals surface area (Å²) in [4.78, 5) is 17.7. The van der Waals surface area contributed by atoms with Crippen LogP contribution in [0.15, 0.2) is 23.4 Å². The molecule has 1 atom stereocenters. The number of piperidine rings is 1. The SMILES string of the molecule is O=CN1CCCCC1c1ccc(SC2CCCCC2)nc1. The third-order valence-corrected chi connectivity index (χ3v) is 5.95. The molecule has 1 saturated carbocycles. The summed E-state index contributed by atoms with van der Waals surface area (Å²) in [6.07, 6.45) is 13.2. The summed E-state index contributed by atoms with van der Waals surface area (Å²) >= 11 is 1.93. The van der Waals surface area contributed by atoms with Gasteiger partial charge in [-0.2, -0.15) is 0 Å². The Morgan fingerprint density at radius 2 is 1.90 bits per heavy atom. The third-order valence-electron chi connectivity index (χ3n) is 4.66. The second-order valence-electron chi connectivity index (χ2n) is 6.16. The molecule has 0 radical (unpaired) electrons. The molecule has 1 aromatic rings. The lowest BCUT2D eigenvalue weighted by atomic mass is 9.97. The topological polar surface area (TPSA) is 33.2 Å². The zero-order chi connectivity index (χ0) is 14.5. The Morgan fingerprint density at radius 1 is 1.10 bits per heavy atom. The standard InChI is InChI=1S/C17H24N2OS/c20-13-19-11-5-4-8-16(19)14-9-10-17(18-12-14)21-15-6-2-1-3-7-15/h9-10,12-13,15-16H,1-8,11H2. The first-order chi connectivity index (χ1) is 10.4. The largest absolute Gasteiger partial charge is 0.338 e. The van der Waals surface area contributed by atoms with Crippen molar-refractivity contribution in [3.05, 3.63) is 23.9 Å². The Kier molecular flexibility index (Phi) is 5.17. The van der Waals surface area contributed by atoms with Gasteiger partial charge in [0.1, 0.15) is 0 Å². The quantitative estimate of drug-likeness (QED) is 0.782. The number of likely N-dealkylation sites (tertiary alicyclic amines) is 1. The predicted octanol–water partition coefficient (Wildman–Crippen LogP) is 4.19. The molecule has 2 heterocycles. The average molecular weight is 304 g/mol. The predicted molar refractivity (Wildman–Crippen MR) is 86.3 cm³/mol. The maximum absolute atomic E-state index is 11.2. The summed E-state index contributed by atoms with van der Waals surface area (Å²) in [5.74, 6) is 0. The van der Waals surface area contributed by atoms with Gasteiger partial charge in [-0.05, 0) is 43.7 Å². The van der Waals surface area contributed by atoms with Crippen molar-refractivity contribution in [1.82, 2.24) is 9.88 Å². The molecule has 1 saturated heterocycles. The maximum Gasteiger partial charge on any atom is 0.210 e. The molecule has 0 aromatic carbocycles. The number of amides is 1. The zero-order valence-corrected chi connectivity index (χ0v) is 13.4. The lowest BCUT2D eigenvalue weighted by Crippen LogP contribution is -2.32. The molecule has 1 aliphatic carbocycles. The van der Waals surface area contributed by atoms with Crippen LogP contribution < -0.4 is 0 Å². The van der Waals surface area contributed by atoms with Gasteiger partial charge < -0.3 is 4.90 Å². The molecule has 0 spiro atoms. The van der Waals surface area contributed by atoms with Crippen molar-refractivity contribution in [2.24, 2.45) is 0 Å². The van der Waals surface area contributed by atoms with Gasteiger partial charge in [0.05, 0.1) is 11.1 Å². The van der Waals surface area contributed by atoms with E-state index in [0.717, 1.165) is 36.1 Å². The molecule has 3 rings (SSSR count). The molecule has 3 nitrogen and oxygen atoms in total. The molecular formula is C17H24N2OS. The fraction of sp³-hybridized carbons (Fsp3) is 0.647. The molecule has 0 N–H and O–H groups in total. The number of carbonyl (C=O) groups excluding carboxylic acids is 1. The van der Waals surface area contributed by atoms with Gasteiger partial charge in [0.2, 0.25) is 6.41 Å². The van der Waals surface area contributed by atoms with Crippen LogP contribution in [0.2, 0.25) is 0 Å². The van der Waals surface area contributed by atoms with Crippen molar-refractivity contribution in [3.8, 4) is 0 Å². The minimum Gasteiger partial charge on any atom is -0.338 e. The summed E-state index contributed by atoms with van der Waals surface area (Å²) in [6.45, 7) is 0.882. The summed E-state index contributed by atoms with van der Waals surface area (Å²) in [5.41, 5.74) is 1.19. The Labute approximate surface area is 131 Å². The lowest BCUT2D eigenvalue weighted by molar-refractivity contribution is -0.121. The lowest BCUT2D eigenvalue weighted by Gasteiger charge is -2.32. The van der Waals surface area contributed by atoms with Crippen LogP contribution in [0.3, 0.4) is 0 Å². The van der Waals surface area contributed by atoms with E-state index in [-0.39, 0.29) is 6.04 Å². The van der Waals surface area contributed by atoms with Crippen LogP contribution in [0.4, 0.5) is 0 Å². The minimum atomic E-state index is 0.234. The van der Waals surface area contributed by atoms with Gasteiger partial charge in [-0.15, -0.1) is 11.8 Å². The molecular weight excluding hydrogens is 280 g/mol. The van der Waals surface area contributed by atoms with Crippen LogP contribution in [0, 0.1) is 0 Å². The smallest absolute Gasteiger partial charge is 0.210 e. The fourth-order valence-corrected chi connectivity index (χ4v) is 4.62. The summed E-state index contributed by atoms with van der Waals surface area (Å²) in [5, 5.41) is 1.89. The van der Waals surface area contributed by atoms with Crippen molar-refractivity contribution in [2.75, 3.05) is 6.54 Å². The molecule has 1 unspecified atom stereocenters. The van der Waals surface area contributed by atoms with Gasteiger partial charge in [0.15, 0.2) is 0 Å². The van der Waals surface area contributed by atoms with Gasteiger partial charge in [-0.3, -0.25) is 4.79 Å². The van der Waals surface area contributed by atoms with Crippen molar-refractivity contribution in [3.63, 3.8) is 0 Å². The Bertz CT molecular complexity index is 456. The summed E-state index contributed by atoms with van der Waals surface area (Å²) in [7, 11) is 0. The van der Waals surface area contributed by atoms with Crippen LogP contribution in [0.5, 0.6) is 0 Å². The molecule has 4 heteroatoms. The highest BCUT2D eigenvalue weighted by atomic mass is 32.2. The monoisotopic (exact) mass is 304 g/mol. The van der Waals surface area contributed by atoms with Gasteiger partial charge in [-0.1, -0.05) is 25.3 Å². The van der Waals surface area contributed by atoms with Crippen LogP contribution in [-0.2, 0) is 4.79 Å². The van der Waals surface area contributed by atoms with E-state index < -0.39 is 0 Å². The van der Waals surface area contributed by atoms with E-state index in [2.05, 4.69) is 17.1 Å². The zero-order valence-electron chi connectivity index (χ0n) is 12.5. The van der Waals surface area contributed by atoms with E-state index in [9.17, 15) is 4.79 Å². The molecule has 2 aliphatic rings. The van der Waals surface area contributed by atoms with Crippen molar-refractivity contribution < 1.29 is 4.79 Å². The maximum atomic E-state index is 11.2. The van der Waals surface area contributed by atoms with Gasteiger partial charge in [-0.25, -0.2) is 4.98 Å². The fourth-order valence-electron chi connectivity index (χ4n) is 3.45. The van der Waals surface area contributed by atoms with Crippen molar-refractivity contribution in [1.29, 1.82) is 0 Å².